The maximum atomic E-state index is 13.4. The van der Waals surface area contributed by atoms with E-state index in [1.165, 1.54) is 37.3 Å². The van der Waals surface area contributed by atoms with Crippen LogP contribution in [0.5, 0.6) is 0 Å². The first-order valence-corrected chi connectivity index (χ1v) is 15.9. The predicted molar refractivity (Wildman–Crippen MR) is 169 cm³/mol. The zero-order valence-electron chi connectivity index (χ0n) is 23.3. The Bertz CT molecular complexity index is 1700. The minimum atomic E-state index is -3.88. The molecule has 7 nitrogen and oxygen atoms in total. The lowest BCUT2D eigenvalue weighted by Gasteiger charge is -2.20. The van der Waals surface area contributed by atoms with E-state index in [0.717, 1.165) is 30.9 Å². The Morgan fingerprint density at radius 3 is 2.12 bits per heavy atom. The van der Waals surface area contributed by atoms with Crippen molar-refractivity contribution >= 4 is 44.3 Å². The summed E-state index contributed by atoms with van der Waals surface area (Å²) in [6.07, 6.45) is 5.12. The summed E-state index contributed by atoms with van der Waals surface area (Å²) in [5, 5.41) is 6.40. The van der Waals surface area contributed by atoms with Crippen LogP contribution in [0, 0.1) is 0 Å². The molecule has 1 amide bonds. The Labute approximate surface area is 247 Å². The number of hydrogen-bond donors (Lipinski definition) is 3. The molecule has 1 saturated heterocycles. The molecule has 4 aromatic carbocycles. The summed E-state index contributed by atoms with van der Waals surface area (Å²) in [6.45, 7) is 3.20. The van der Waals surface area contributed by atoms with Crippen molar-refractivity contribution < 1.29 is 13.2 Å². The summed E-state index contributed by atoms with van der Waals surface area (Å²) in [7, 11) is -3.88. The second-order valence-electron chi connectivity index (χ2n) is 10.8. The Balaban J connectivity index is 1.34. The summed E-state index contributed by atoms with van der Waals surface area (Å²) in [6, 6.07) is 31.4. The Hall–Kier alpha value is -4.40. The van der Waals surface area contributed by atoms with Crippen molar-refractivity contribution in [2.75, 3.05) is 28.4 Å². The number of sulfonamides is 1. The van der Waals surface area contributed by atoms with Gasteiger partial charge >= 0.3 is 0 Å². The quantitative estimate of drug-likeness (QED) is 0.200. The fraction of sp³-hybridized carbons (Fsp3) is 0.206. The molecule has 0 aliphatic carbocycles. The summed E-state index contributed by atoms with van der Waals surface area (Å²) in [5.74, 6) is -0.292. The average molecular weight is 579 g/mol. The number of likely N-dealkylation sites (tertiary alicyclic amines) is 1. The van der Waals surface area contributed by atoms with Gasteiger partial charge in [0.25, 0.3) is 15.9 Å². The number of nitrogens with zero attached hydrogens (tertiary/aromatic N) is 1. The number of nitrogens with one attached hydrogen (secondary N) is 3. The second kappa shape index (κ2) is 12.2. The molecule has 6 rings (SSSR count). The highest BCUT2D eigenvalue weighted by molar-refractivity contribution is 7.92. The molecule has 0 saturated carbocycles. The van der Waals surface area contributed by atoms with Crippen molar-refractivity contribution in [3.63, 3.8) is 0 Å². The maximum Gasteiger partial charge on any atom is 0.261 e. The molecule has 0 aromatic heterocycles. The van der Waals surface area contributed by atoms with E-state index >= 15 is 0 Å². The first-order valence-electron chi connectivity index (χ1n) is 14.4. The van der Waals surface area contributed by atoms with Gasteiger partial charge in [0.1, 0.15) is 0 Å². The largest absolute Gasteiger partial charge is 0.354 e. The summed E-state index contributed by atoms with van der Waals surface area (Å²) in [5.41, 5.74) is 5.47. The van der Waals surface area contributed by atoms with Gasteiger partial charge in [0.15, 0.2) is 0 Å². The monoisotopic (exact) mass is 578 g/mol. The molecule has 42 heavy (non-hydrogen) atoms. The van der Waals surface area contributed by atoms with Gasteiger partial charge in [-0.3, -0.25) is 14.4 Å². The normalized spacial score (nSPS) is 16.7. The average Bonchev–Trinajstić information content (AvgIpc) is 3.14. The fourth-order valence-electron chi connectivity index (χ4n) is 5.56. The third kappa shape index (κ3) is 6.25. The Morgan fingerprint density at radius 1 is 0.762 bits per heavy atom. The lowest BCUT2D eigenvalue weighted by atomic mass is 10.00. The summed E-state index contributed by atoms with van der Waals surface area (Å²) < 4.78 is 29.1. The summed E-state index contributed by atoms with van der Waals surface area (Å²) in [4.78, 5) is 16.0. The number of amides is 1. The van der Waals surface area contributed by atoms with Gasteiger partial charge in [-0.1, -0.05) is 73.5 Å². The van der Waals surface area contributed by atoms with Crippen molar-refractivity contribution in [2.24, 2.45) is 0 Å². The van der Waals surface area contributed by atoms with E-state index in [1.807, 2.05) is 48.5 Å². The highest BCUT2D eigenvalue weighted by Gasteiger charge is 2.30. The van der Waals surface area contributed by atoms with Gasteiger partial charge in [0.05, 0.1) is 16.2 Å². The van der Waals surface area contributed by atoms with E-state index in [1.54, 1.807) is 36.4 Å². The number of hydrogen-bond acceptors (Lipinski definition) is 5. The number of anilines is 3. The zero-order valence-corrected chi connectivity index (χ0v) is 24.2. The van der Waals surface area contributed by atoms with E-state index < -0.39 is 10.0 Å². The first kappa shape index (κ1) is 27.8. The van der Waals surface area contributed by atoms with Crippen LogP contribution in [0.3, 0.4) is 0 Å². The van der Waals surface area contributed by atoms with Crippen LogP contribution in [0.25, 0.3) is 11.3 Å². The number of para-hydroxylation sites is 1. The molecule has 3 N–H and O–H groups in total. The van der Waals surface area contributed by atoms with Gasteiger partial charge in [0.2, 0.25) is 0 Å². The van der Waals surface area contributed by atoms with Gasteiger partial charge in [-0.05, 0) is 79.5 Å². The van der Waals surface area contributed by atoms with Crippen molar-refractivity contribution in [3.05, 3.63) is 120 Å². The number of carbonyl (C=O) groups is 1. The van der Waals surface area contributed by atoms with Gasteiger partial charge in [0, 0.05) is 29.2 Å². The van der Waals surface area contributed by atoms with E-state index in [9.17, 15) is 13.2 Å². The van der Waals surface area contributed by atoms with Gasteiger partial charge < -0.3 is 10.6 Å². The topological polar surface area (TPSA) is 90.5 Å². The molecule has 2 aliphatic heterocycles. The maximum absolute atomic E-state index is 13.4. The van der Waals surface area contributed by atoms with Crippen LogP contribution in [-0.2, 0) is 21.4 Å². The highest BCUT2D eigenvalue weighted by Crippen LogP contribution is 2.39. The third-order valence-corrected chi connectivity index (χ3v) is 9.09. The Morgan fingerprint density at radius 2 is 1.43 bits per heavy atom. The lowest BCUT2D eigenvalue weighted by molar-refractivity contribution is -0.110. The molecule has 0 bridgehead atoms. The number of rotatable bonds is 8. The van der Waals surface area contributed by atoms with Crippen molar-refractivity contribution in [3.8, 4) is 0 Å². The molecule has 0 spiro atoms. The van der Waals surface area contributed by atoms with E-state index in [4.69, 9.17) is 0 Å². The molecular weight excluding hydrogens is 544 g/mol. The number of fused-ring (bicyclic) bond motifs is 1. The molecule has 0 atom stereocenters. The second-order valence-corrected chi connectivity index (χ2v) is 12.4. The minimum absolute atomic E-state index is 0.0735. The SMILES string of the molecule is O=C1Nc2ccc(S(=O)(=O)Nc3ccccc3)cc2/C1=C(/Nc1ccc(CN2CCCCCC2)cc1)c1ccccc1. The van der Waals surface area contributed by atoms with E-state index in [2.05, 4.69) is 32.4 Å². The van der Waals surface area contributed by atoms with Crippen LogP contribution in [0.1, 0.15) is 42.4 Å². The van der Waals surface area contributed by atoms with E-state index in [0.29, 0.717) is 28.2 Å². The molecule has 2 heterocycles. The molecule has 214 valence electrons. The fourth-order valence-corrected chi connectivity index (χ4v) is 6.64. The van der Waals surface area contributed by atoms with Crippen LogP contribution < -0.4 is 15.4 Å². The molecule has 0 radical (unpaired) electrons. The zero-order chi connectivity index (χ0) is 28.9. The van der Waals surface area contributed by atoms with E-state index in [-0.39, 0.29) is 10.8 Å². The predicted octanol–water partition coefficient (Wildman–Crippen LogP) is 6.80. The van der Waals surface area contributed by atoms with Crippen molar-refractivity contribution in [1.82, 2.24) is 4.90 Å². The smallest absolute Gasteiger partial charge is 0.261 e. The van der Waals surface area contributed by atoms with Crippen molar-refractivity contribution in [2.45, 2.75) is 37.1 Å². The Kier molecular flexibility index (Phi) is 8.08. The molecule has 2 aliphatic rings. The van der Waals surface area contributed by atoms with Crippen LogP contribution in [-0.4, -0.2) is 32.3 Å². The van der Waals surface area contributed by atoms with Crippen LogP contribution in [0.4, 0.5) is 17.1 Å². The number of benzene rings is 4. The lowest BCUT2D eigenvalue weighted by Crippen LogP contribution is -2.23. The number of carbonyl (C=O) groups excluding carboxylic acids is 1. The van der Waals surface area contributed by atoms with Crippen molar-refractivity contribution in [1.29, 1.82) is 0 Å². The molecule has 8 heteroatoms. The molecule has 1 fully saturated rings. The van der Waals surface area contributed by atoms with Gasteiger partial charge in [-0.15, -0.1) is 0 Å². The van der Waals surface area contributed by atoms with Crippen LogP contribution >= 0.6 is 0 Å². The van der Waals surface area contributed by atoms with Gasteiger partial charge in [-0.25, -0.2) is 8.42 Å². The van der Waals surface area contributed by atoms with Gasteiger partial charge in [-0.2, -0.15) is 0 Å². The summed E-state index contributed by atoms with van der Waals surface area (Å²) >= 11 is 0. The molecular formula is C34H34N4O3S. The van der Waals surface area contributed by atoms with Crippen LogP contribution in [0.2, 0.25) is 0 Å². The standard InChI is InChI=1S/C34H34N4O3S/c39-34-32(30-23-29(19-20-31(30)36-34)42(40,41)37-28-13-7-4-8-14-28)33(26-11-5-3-6-12-26)35-27-17-15-25(16-18-27)24-38-21-9-1-2-10-22-38/h3-8,11-20,23,35,37H,1-2,9-10,21-22,24H2,(H,36,39)/b33-32-. The highest BCUT2D eigenvalue weighted by atomic mass is 32.2. The van der Waals surface area contributed by atoms with Crippen LogP contribution in [0.15, 0.2) is 108 Å². The molecule has 0 unspecified atom stereocenters. The third-order valence-electron chi connectivity index (χ3n) is 7.71. The molecule has 4 aromatic rings. The minimum Gasteiger partial charge on any atom is -0.354 e. The first-order chi connectivity index (χ1) is 20.5.